The van der Waals surface area contributed by atoms with Gasteiger partial charge in [-0.25, -0.2) is 0 Å². The summed E-state index contributed by atoms with van der Waals surface area (Å²) in [5.41, 5.74) is 3.94. The van der Waals surface area contributed by atoms with Crippen LogP contribution in [0.5, 0.6) is 0 Å². The monoisotopic (exact) mass is 413 g/mol. The van der Waals surface area contributed by atoms with Crippen LogP contribution in [0.3, 0.4) is 0 Å². The molecule has 1 fully saturated rings. The second-order valence-corrected chi connectivity index (χ2v) is 8.80. The Labute approximate surface area is 165 Å². The van der Waals surface area contributed by atoms with Crippen LogP contribution in [-0.4, -0.2) is 29.6 Å². The number of rotatable bonds is 3. The van der Waals surface area contributed by atoms with E-state index < -0.39 is 0 Å². The summed E-state index contributed by atoms with van der Waals surface area (Å²) in [7, 11) is 0. The normalized spacial score (nSPS) is 24.8. The predicted molar refractivity (Wildman–Crippen MR) is 110 cm³/mol. The fourth-order valence-electron chi connectivity index (χ4n) is 4.77. The van der Waals surface area contributed by atoms with Crippen molar-refractivity contribution in [1.82, 2.24) is 4.90 Å². The molecule has 26 heavy (non-hydrogen) atoms. The summed E-state index contributed by atoms with van der Waals surface area (Å²) < 4.78 is 1.15. The lowest BCUT2D eigenvalue weighted by molar-refractivity contribution is 0.117. The van der Waals surface area contributed by atoms with Gasteiger partial charge in [-0.3, -0.25) is 0 Å². The highest BCUT2D eigenvalue weighted by molar-refractivity contribution is 9.10. The molecular weight excluding hydrogens is 386 g/mol. The highest BCUT2D eigenvalue weighted by Crippen LogP contribution is 2.36. The van der Waals surface area contributed by atoms with E-state index in [4.69, 9.17) is 0 Å². The molecule has 4 rings (SSSR count). The van der Waals surface area contributed by atoms with E-state index >= 15 is 0 Å². The Morgan fingerprint density at radius 3 is 2.50 bits per heavy atom. The minimum Gasteiger partial charge on any atom is -0.388 e. The summed E-state index contributed by atoms with van der Waals surface area (Å²) in [6.45, 7) is 3.50. The molecule has 2 atom stereocenters. The van der Waals surface area contributed by atoms with Gasteiger partial charge in [-0.05, 0) is 79.8 Å². The lowest BCUT2D eigenvalue weighted by Gasteiger charge is -2.34. The van der Waals surface area contributed by atoms with E-state index in [0.717, 1.165) is 29.4 Å². The highest BCUT2D eigenvalue weighted by Gasteiger charge is 2.27. The first kappa shape index (κ1) is 18.2. The van der Waals surface area contributed by atoms with Gasteiger partial charge in [0.15, 0.2) is 0 Å². The molecule has 0 radical (unpaired) electrons. The van der Waals surface area contributed by atoms with Crippen molar-refractivity contribution >= 4 is 15.9 Å². The number of likely N-dealkylation sites (tertiary alicyclic amines) is 1. The zero-order valence-corrected chi connectivity index (χ0v) is 16.9. The first-order chi connectivity index (χ1) is 12.7. The van der Waals surface area contributed by atoms with Crippen LogP contribution in [0.15, 0.2) is 53.0 Å². The van der Waals surface area contributed by atoms with Crippen LogP contribution < -0.4 is 0 Å². The van der Waals surface area contributed by atoms with E-state index in [1.807, 2.05) is 6.07 Å². The molecule has 2 aromatic rings. The maximum atomic E-state index is 10.7. The van der Waals surface area contributed by atoms with Gasteiger partial charge >= 0.3 is 0 Å². The van der Waals surface area contributed by atoms with Crippen LogP contribution >= 0.6 is 15.9 Å². The van der Waals surface area contributed by atoms with Gasteiger partial charge in [0.1, 0.15) is 0 Å². The molecule has 0 aromatic heterocycles. The van der Waals surface area contributed by atoms with Crippen LogP contribution in [-0.2, 0) is 6.42 Å². The average molecular weight is 414 g/mol. The maximum Gasteiger partial charge on any atom is 0.0796 e. The molecule has 2 nitrogen and oxygen atoms in total. The topological polar surface area (TPSA) is 23.5 Å². The van der Waals surface area contributed by atoms with Gasteiger partial charge in [-0.15, -0.1) is 0 Å². The summed E-state index contributed by atoms with van der Waals surface area (Å²) in [5.74, 6) is 1.30. The van der Waals surface area contributed by atoms with Crippen molar-refractivity contribution in [2.24, 2.45) is 5.92 Å². The van der Waals surface area contributed by atoms with Crippen LogP contribution in [0.25, 0.3) is 0 Å². The van der Waals surface area contributed by atoms with Crippen molar-refractivity contribution in [3.8, 4) is 0 Å². The van der Waals surface area contributed by atoms with Crippen molar-refractivity contribution in [3.05, 3.63) is 69.7 Å². The maximum absolute atomic E-state index is 10.7. The lowest BCUT2D eigenvalue weighted by Crippen LogP contribution is -2.36. The molecule has 1 N–H and O–H groups in total. The Kier molecular flexibility index (Phi) is 5.78. The van der Waals surface area contributed by atoms with Gasteiger partial charge in [-0.2, -0.15) is 0 Å². The number of benzene rings is 2. The minimum atomic E-state index is -0.322. The van der Waals surface area contributed by atoms with E-state index in [2.05, 4.69) is 63.3 Å². The van der Waals surface area contributed by atoms with Gasteiger partial charge in [0.25, 0.3) is 0 Å². The van der Waals surface area contributed by atoms with Crippen molar-refractivity contribution < 1.29 is 5.11 Å². The van der Waals surface area contributed by atoms with Crippen molar-refractivity contribution in [1.29, 1.82) is 0 Å². The summed E-state index contributed by atoms with van der Waals surface area (Å²) in [5, 5.41) is 10.7. The predicted octanol–water partition coefficient (Wildman–Crippen LogP) is 5.31. The Balaban J connectivity index is 1.34. The molecular formula is C23H28BrNO. The number of hydrogen-bond donors (Lipinski definition) is 1. The summed E-state index contributed by atoms with van der Waals surface area (Å²) in [6, 6.07) is 17.2. The van der Waals surface area contributed by atoms with Crippen molar-refractivity contribution in [2.45, 2.75) is 44.1 Å². The minimum absolute atomic E-state index is 0.322. The van der Waals surface area contributed by atoms with Crippen LogP contribution in [0.4, 0.5) is 0 Å². The molecule has 1 heterocycles. The first-order valence-corrected chi connectivity index (χ1v) is 10.7. The lowest BCUT2D eigenvalue weighted by atomic mass is 9.88. The SMILES string of the molecule is O[C@@H]1C[C@H](CN2CCC(c3ccccc3)CC2)CCc2c(Br)cccc21. The molecule has 1 aliphatic carbocycles. The third kappa shape index (κ3) is 4.05. The number of halogens is 1. The molecule has 3 heteroatoms. The van der Waals surface area contributed by atoms with Gasteiger partial charge < -0.3 is 10.0 Å². The van der Waals surface area contributed by atoms with E-state index in [1.165, 1.54) is 43.5 Å². The number of aliphatic hydroxyl groups is 1. The summed E-state index contributed by atoms with van der Waals surface area (Å²) >= 11 is 3.67. The molecule has 0 spiro atoms. The zero-order valence-electron chi connectivity index (χ0n) is 15.3. The standard InChI is InChI=1S/C23H28BrNO/c24-22-8-4-7-21-20(22)10-9-17(15-23(21)26)16-25-13-11-19(12-14-25)18-5-2-1-3-6-18/h1-8,17,19,23,26H,9-16H2/t17-,23-/m1/s1. The molecule has 138 valence electrons. The van der Waals surface area contributed by atoms with Crippen molar-refractivity contribution in [2.75, 3.05) is 19.6 Å². The first-order valence-electron chi connectivity index (χ1n) is 9.93. The Bertz CT molecular complexity index is 724. The van der Waals surface area contributed by atoms with E-state index in [1.54, 1.807) is 0 Å². The van der Waals surface area contributed by atoms with E-state index in [0.29, 0.717) is 11.8 Å². The summed E-state index contributed by atoms with van der Waals surface area (Å²) in [4.78, 5) is 2.63. The van der Waals surface area contributed by atoms with Crippen LogP contribution in [0.1, 0.15) is 54.4 Å². The molecule has 0 unspecified atom stereocenters. The molecule has 2 aliphatic rings. The van der Waals surface area contributed by atoms with Gasteiger partial charge in [0.05, 0.1) is 6.10 Å². The third-order valence-electron chi connectivity index (χ3n) is 6.25. The zero-order chi connectivity index (χ0) is 17.9. The fourth-order valence-corrected chi connectivity index (χ4v) is 5.35. The largest absolute Gasteiger partial charge is 0.388 e. The van der Waals surface area contributed by atoms with Crippen LogP contribution in [0.2, 0.25) is 0 Å². The van der Waals surface area contributed by atoms with E-state index in [-0.39, 0.29) is 6.10 Å². The molecule has 2 aromatic carbocycles. The second-order valence-electron chi connectivity index (χ2n) is 7.95. The Morgan fingerprint density at radius 2 is 1.73 bits per heavy atom. The van der Waals surface area contributed by atoms with Gasteiger partial charge in [-0.1, -0.05) is 58.4 Å². The summed E-state index contributed by atoms with van der Waals surface area (Å²) in [6.07, 6.45) is 5.32. The van der Waals surface area contributed by atoms with Gasteiger partial charge in [0.2, 0.25) is 0 Å². The average Bonchev–Trinajstić information content (AvgIpc) is 2.83. The molecule has 0 amide bonds. The van der Waals surface area contributed by atoms with Crippen LogP contribution in [0, 0.1) is 5.92 Å². The van der Waals surface area contributed by atoms with Crippen molar-refractivity contribution in [3.63, 3.8) is 0 Å². The number of fused-ring (bicyclic) bond motifs is 1. The smallest absolute Gasteiger partial charge is 0.0796 e. The second kappa shape index (κ2) is 8.24. The number of nitrogens with zero attached hydrogens (tertiary/aromatic N) is 1. The number of hydrogen-bond acceptors (Lipinski definition) is 2. The molecule has 1 saturated heterocycles. The molecule has 1 aliphatic heterocycles. The Morgan fingerprint density at radius 1 is 0.962 bits per heavy atom. The number of aliphatic hydroxyl groups excluding tert-OH is 1. The Hall–Kier alpha value is -1.16. The quantitative estimate of drug-likeness (QED) is 0.688. The number of piperidine rings is 1. The fraction of sp³-hybridized carbons (Fsp3) is 0.478. The third-order valence-corrected chi connectivity index (χ3v) is 6.99. The highest BCUT2D eigenvalue weighted by atomic mass is 79.9. The van der Waals surface area contributed by atoms with Gasteiger partial charge in [0, 0.05) is 11.0 Å². The molecule has 0 bridgehead atoms. The van der Waals surface area contributed by atoms with E-state index in [9.17, 15) is 5.11 Å². The molecule has 0 saturated carbocycles.